The van der Waals surface area contributed by atoms with Crippen molar-refractivity contribution in [2.75, 3.05) is 13.1 Å². The molecule has 1 heterocycles. The van der Waals surface area contributed by atoms with Crippen molar-refractivity contribution < 1.29 is 14.7 Å². The summed E-state index contributed by atoms with van der Waals surface area (Å²) in [5.74, 6) is -0.883. The quantitative estimate of drug-likeness (QED) is 0.733. The van der Waals surface area contributed by atoms with E-state index in [1.807, 2.05) is 13.8 Å². The molecule has 1 aliphatic rings. The summed E-state index contributed by atoms with van der Waals surface area (Å²) >= 11 is 0. The van der Waals surface area contributed by atoms with Gasteiger partial charge >= 0.3 is 12.0 Å². The molecule has 2 N–H and O–H groups in total. The molecule has 0 aromatic rings. The molecule has 2 amide bonds. The molecule has 0 radical (unpaired) electrons. The van der Waals surface area contributed by atoms with Crippen LogP contribution in [0.2, 0.25) is 0 Å². The first kappa shape index (κ1) is 13.5. The van der Waals surface area contributed by atoms with Crippen LogP contribution < -0.4 is 5.32 Å². The highest BCUT2D eigenvalue weighted by Crippen LogP contribution is 2.09. The fraction of sp³-hybridized carbons (Fsp3) is 0.667. The van der Waals surface area contributed by atoms with E-state index in [1.165, 1.54) is 5.57 Å². The number of nitrogens with zero attached hydrogens (tertiary/aromatic N) is 1. The summed E-state index contributed by atoms with van der Waals surface area (Å²) in [7, 11) is 0. The smallest absolute Gasteiger partial charge is 0.317 e. The zero-order chi connectivity index (χ0) is 12.8. The van der Waals surface area contributed by atoms with Crippen LogP contribution in [-0.2, 0) is 4.79 Å². The molecule has 5 heteroatoms. The number of urea groups is 1. The lowest BCUT2D eigenvalue weighted by Gasteiger charge is -2.28. The molecule has 0 saturated carbocycles. The molecule has 5 nitrogen and oxygen atoms in total. The molecule has 17 heavy (non-hydrogen) atoms. The topological polar surface area (TPSA) is 69.6 Å². The summed E-state index contributed by atoms with van der Waals surface area (Å²) in [4.78, 5) is 24.2. The highest BCUT2D eigenvalue weighted by molar-refractivity contribution is 5.76. The number of carbonyl (C=O) groups excluding carboxylic acids is 1. The Balaban J connectivity index is 2.47. The number of aliphatic carboxylic acids is 1. The van der Waals surface area contributed by atoms with Gasteiger partial charge in [-0.25, -0.2) is 4.79 Å². The van der Waals surface area contributed by atoms with Crippen LogP contribution in [0.4, 0.5) is 4.79 Å². The molecule has 0 fully saturated rings. The molecule has 0 bridgehead atoms. The summed E-state index contributed by atoms with van der Waals surface area (Å²) in [5, 5.41) is 11.5. The van der Waals surface area contributed by atoms with Gasteiger partial charge in [-0.2, -0.15) is 0 Å². The third-order valence-electron chi connectivity index (χ3n) is 2.86. The molecule has 0 spiro atoms. The third kappa shape index (κ3) is 4.46. The van der Waals surface area contributed by atoms with Gasteiger partial charge in [0.05, 0.1) is 6.42 Å². The maximum absolute atomic E-state index is 11.9. The van der Waals surface area contributed by atoms with Gasteiger partial charge in [-0.3, -0.25) is 4.79 Å². The molecule has 1 aliphatic heterocycles. The molecule has 0 aromatic carbocycles. The number of hydrogen-bond acceptors (Lipinski definition) is 2. The molecule has 0 aromatic heterocycles. The number of amides is 2. The van der Waals surface area contributed by atoms with E-state index in [2.05, 4.69) is 11.4 Å². The van der Waals surface area contributed by atoms with E-state index in [0.29, 0.717) is 19.5 Å². The second-order valence-corrected chi connectivity index (χ2v) is 4.41. The number of hydrogen-bond donors (Lipinski definition) is 2. The molecule has 96 valence electrons. The molecule has 1 atom stereocenters. The van der Waals surface area contributed by atoms with Crippen LogP contribution in [0.3, 0.4) is 0 Å². The fourth-order valence-corrected chi connectivity index (χ4v) is 1.86. The number of carboxylic acid groups (broad SMARTS) is 1. The van der Waals surface area contributed by atoms with Crippen molar-refractivity contribution >= 4 is 12.0 Å². The average Bonchev–Trinajstić information content (AvgIpc) is 2.27. The summed E-state index contributed by atoms with van der Waals surface area (Å²) in [6.45, 7) is 5.20. The summed E-state index contributed by atoms with van der Waals surface area (Å²) in [5.41, 5.74) is 1.18. The Morgan fingerprint density at radius 3 is 2.82 bits per heavy atom. The van der Waals surface area contributed by atoms with Crippen LogP contribution in [0.15, 0.2) is 11.6 Å². The largest absolute Gasteiger partial charge is 0.481 e. The van der Waals surface area contributed by atoms with Crippen molar-refractivity contribution in [3.05, 3.63) is 11.6 Å². The Morgan fingerprint density at radius 2 is 2.29 bits per heavy atom. The van der Waals surface area contributed by atoms with Gasteiger partial charge in [-0.05, 0) is 19.8 Å². The van der Waals surface area contributed by atoms with Gasteiger partial charge in [0.15, 0.2) is 0 Å². The zero-order valence-electron chi connectivity index (χ0n) is 10.4. The van der Waals surface area contributed by atoms with Crippen LogP contribution >= 0.6 is 0 Å². The Bertz CT molecular complexity index is 326. The average molecular weight is 240 g/mol. The van der Waals surface area contributed by atoms with Crippen molar-refractivity contribution in [1.29, 1.82) is 0 Å². The predicted molar refractivity (Wildman–Crippen MR) is 64.8 cm³/mol. The lowest BCUT2D eigenvalue weighted by atomic mass is 10.1. The molecular weight excluding hydrogens is 220 g/mol. The van der Waals surface area contributed by atoms with Gasteiger partial charge in [-0.15, -0.1) is 0 Å². The Morgan fingerprint density at radius 1 is 1.59 bits per heavy atom. The van der Waals surface area contributed by atoms with Gasteiger partial charge in [0.2, 0.25) is 0 Å². The van der Waals surface area contributed by atoms with Crippen molar-refractivity contribution in [1.82, 2.24) is 10.2 Å². The van der Waals surface area contributed by atoms with Crippen LogP contribution in [0.25, 0.3) is 0 Å². The highest BCUT2D eigenvalue weighted by atomic mass is 16.4. The number of carbonyl (C=O) groups is 2. The van der Waals surface area contributed by atoms with Gasteiger partial charge < -0.3 is 15.3 Å². The van der Waals surface area contributed by atoms with Crippen molar-refractivity contribution in [3.63, 3.8) is 0 Å². The SMILES string of the molecule is CCC(CC(=O)O)NC(=O)N1CCC=C(C)C1. The zero-order valence-corrected chi connectivity index (χ0v) is 10.4. The minimum Gasteiger partial charge on any atom is -0.481 e. The van der Waals surface area contributed by atoms with Crippen molar-refractivity contribution in [2.24, 2.45) is 0 Å². The summed E-state index contributed by atoms with van der Waals surface area (Å²) in [6.07, 6.45) is 3.60. The lowest BCUT2D eigenvalue weighted by Crippen LogP contribution is -2.47. The van der Waals surface area contributed by atoms with E-state index in [9.17, 15) is 9.59 Å². The first-order valence-corrected chi connectivity index (χ1v) is 5.95. The predicted octanol–water partition coefficient (Wildman–Crippen LogP) is 1.60. The monoisotopic (exact) mass is 240 g/mol. The van der Waals surface area contributed by atoms with Crippen molar-refractivity contribution in [2.45, 2.75) is 39.2 Å². The van der Waals surface area contributed by atoms with E-state index in [1.54, 1.807) is 4.90 Å². The molecule has 1 unspecified atom stereocenters. The van der Waals surface area contributed by atoms with Crippen LogP contribution in [0.1, 0.15) is 33.1 Å². The van der Waals surface area contributed by atoms with Gasteiger partial charge in [0.1, 0.15) is 0 Å². The fourth-order valence-electron chi connectivity index (χ4n) is 1.86. The van der Waals surface area contributed by atoms with E-state index >= 15 is 0 Å². The Kier molecular flexibility index (Phi) is 5.00. The molecule has 1 rings (SSSR count). The van der Waals surface area contributed by atoms with Crippen LogP contribution in [0, 0.1) is 0 Å². The van der Waals surface area contributed by atoms with Gasteiger partial charge in [-0.1, -0.05) is 18.6 Å². The maximum atomic E-state index is 11.9. The van der Waals surface area contributed by atoms with E-state index < -0.39 is 5.97 Å². The summed E-state index contributed by atoms with van der Waals surface area (Å²) < 4.78 is 0. The first-order valence-electron chi connectivity index (χ1n) is 5.95. The lowest BCUT2D eigenvalue weighted by molar-refractivity contribution is -0.137. The molecule has 0 saturated heterocycles. The number of nitrogens with one attached hydrogen (secondary N) is 1. The van der Waals surface area contributed by atoms with Gasteiger partial charge in [0, 0.05) is 19.1 Å². The van der Waals surface area contributed by atoms with Crippen LogP contribution in [0.5, 0.6) is 0 Å². The van der Waals surface area contributed by atoms with E-state index in [-0.39, 0.29) is 18.5 Å². The van der Waals surface area contributed by atoms with Crippen LogP contribution in [-0.4, -0.2) is 41.1 Å². The second kappa shape index (κ2) is 6.27. The van der Waals surface area contributed by atoms with E-state index in [4.69, 9.17) is 5.11 Å². The standard InChI is InChI=1S/C12H20N2O3/c1-3-10(7-11(15)16)13-12(17)14-6-4-5-9(2)8-14/h5,10H,3-4,6-8H2,1-2H3,(H,13,17)(H,15,16). The second-order valence-electron chi connectivity index (χ2n) is 4.41. The first-order chi connectivity index (χ1) is 8.02. The number of carboxylic acids is 1. The normalized spacial score (nSPS) is 17.3. The minimum absolute atomic E-state index is 0.0229. The number of rotatable bonds is 4. The third-order valence-corrected chi connectivity index (χ3v) is 2.86. The van der Waals surface area contributed by atoms with Crippen molar-refractivity contribution in [3.8, 4) is 0 Å². The Hall–Kier alpha value is -1.52. The van der Waals surface area contributed by atoms with E-state index in [0.717, 1.165) is 6.42 Å². The Labute approximate surface area is 101 Å². The molecular formula is C12H20N2O3. The highest BCUT2D eigenvalue weighted by Gasteiger charge is 2.20. The molecule has 0 aliphatic carbocycles. The summed E-state index contributed by atoms with van der Waals surface area (Å²) in [6, 6.07) is -0.447. The maximum Gasteiger partial charge on any atom is 0.317 e. The minimum atomic E-state index is -0.883. The van der Waals surface area contributed by atoms with Gasteiger partial charge in [0.25, 0.3) is 0 Å².